The van der Waals surface area contributed by atoms with Crippen LogP contribution in [0.4, 0.5) is 5.69 Å². The summed E-state index contributed by atoms with van der Waals surface area (Å²) in [7, 11) is -1.93. The Hall–Kier alpha value is -0.630. The molecule has 1 aromatic heterocycles. The van der Waals surface area contributed by atoms with Gasteiger partial charge in [0, 0.05) is 24.2 Å². The largest absolute Gasteiger partial charge is 0.398 e. The van der Waals surface area contributed by atoms with E-state index in [9.17, 15) is 8.42 Å². The Balaban J connectivity index is 2.76. The number of sulfonamides is 1. The summed E-state index contributed by atoms with van der Waals surface area (Å²) in [5.74, 6) is 0. The first-order valence-electron chi connectivity index (χ1n) is 4.31. The topological polar surface area (TPSA) is 81.4 Å². The summed E-state index contributed by atoms with van der Waals surface area (Å²) in [4.78, 5) is 0. The number of hydrogen-bond acceptors (Lipinski definition) is 5. The van der Waals surface area contributed by atoms with Gasteiger partial charge in [0.1, 0.15) is 4.21 Å². The van der Waals surface area contributed by atoms with E-state index < -0.39 is 10.0 Å². The van der Waals surface area contributed by atoms with Crippen LogP contribution in [0.3, 0.4) is 0 Å². The lowest BCUT2D eigenvalue weighted by Crippen LogP contribution is -2.35. The number of hydrogen-bond donors (Lipinski definition) is 2. The summed E-state index contributed by atoms with van der Waals surface area (Å²) < 4.78 is 31.0. The second-order valence-electron chi connectivity index (χ2n) is 3.18. The van der Waals surface area contributed by atoms with E-state index in [1.807, 2.05) is 0 Å². The van der Waals surface area contributed by atoms with Crippen molar-refractivity contribution in [3.63, 3.8) is 0 Å². The second kappa shape index (κ2) is 4.93. The molecule has 1 heterocycles. The molecule has 1 aromatic rings. The average Bonchev–Trinajstić information content (AvgIpc) is 2.51. The van der Waals surface area contributed by atoms with Gasteiger partial charge < -0.3 is 10.5 Å². The van der Waals surface area contributed by atoms with E-state index in [0.717, 1.165) is 11.3 Å². The molecule has 5 nitrogen and oxygen atoms in total. The highest BCUT2D eigenvalue weighted by Crippen LogP contribution is 2.21. The standard InChI is InChI=1S/C8H14N2O3S2/c1-6(4-13-2)10-15(11,12)8-3-7(9)5-14-8/h3,5-6,10H,4,9H2,1-2H3. The maximum absolute atomic E-state index is 11.7. The van der Waals surface area contributed by atoms with Crippen LogP contribution in [0.2, 0.25) is 0 Å². The first-order valence-corrected chi connectivity index (χ1v) is 6.67. The van der Waals surface area contributed by atoms with Crippen LogP contribution in [0.25, 0.3) is 0 Å². The molecule has 0 aromatic carbocycles. The van der Waals surface area contributed by atoms with E-state index >= 15 is 0 Å². The maximum atomic E-state index is 11.7. The van der Waals surface area contributed by atoms with Gasteiger partial charge in [-0.3, -0.25) is 0 Å². The molecule has 1 atom stereocenters. The quantitative estimate of drug-likeness (QED) is 0.803. The van der Waals surface area contributed by atoms with Gasteiger partial charge in [0.05, 0.1) is 6.61 Å². The third-order valence-electron chi connectivity index (χ3n) is 1.63. The normalized spacial score (nSPS) is 14.0. The number of thiophene rings is 1. The summed E-state index contributed by atoms with van der Waals surface area (Å²) >= 11 is 1.10. The van der Waals surface area contributed by atoms with Gasteiger partial charge in [-0.05, 0) is 13.0 Å². The summed E-state index contributed by atoms with van der Waals surface area (Å²) in [5, 5.41) is 1.59. The molecule has 0 amide bonds. The molecule has 3 N–H and O–H groups in total. The minimum absolute atomic E-state index is 0.225. The smallest absolute Gasteiger partial charge is 0.250 e. The van der Waals surface area contributed by atoms with E-state index in [-0.39, 0.29) is 10.3 Å². The zero-order valence-electron chi connectivity index (χ0n) is 8.56. The lowest BCUT2D eigenvalue weighted by molar-refractivity contribution is 0.180. The fourth-order valence-corrected chi connectivity index (χ4v) is 3.40. The number of methoxy groups -OCH3 is 1. The predicted molar refractivity (Wildman–Crippen MR) is 60.4 cm³/mol. The maximum Gasteiger partial charge on any atom is 0.250 e. The van der Waals surface area contributed by atoms with Gasteiger partial charge in [0.25, 0.3) is 0 Å². The van der Waals surface area contributed by atoms with Crippen molar-refractivity contribution in [3.8, 4) is 0 Å². The predicted octanol–water partition coefficient (Wildman–Crippen LogP) is 0.644. The number of nitrogens with two attached hydrogens (primary N) is 1. The highest BCUT2D eigenvalue weighted by Gasteiger charge is 2.18. The molecule has 0 aliphatic rings. The molecule has 0 fully saturated rings. The van der Waals surface area contributed by atoms with Crippen molar-refractivity contribution in [2.24, 2.45) is 0 Å². The molecule has 1 rings (SSSR count). The minimum Gasteiger partial charge on any atom is -0.398 e. The van der Waals surface area contributed by atoms with Crippen LogP contribution in [0.1, 0.15) is 6.92 Å². The van der Waals surface area contributed by atoms with Crippen molar-refractivity contribution in [2.45, 2.75) is 17.2 Å². The molecule has 0 radical (unpaired) electrons. The van der Waals surface area contributed by atoms with Gasteiger partial charge >= 0.3 is 0 Å². The molecule has 0 bridgehead atoms. The summed E-state index contributed by atoms with van der Waals surface area (Å²) in [6.07, 6.45) is 0. The number of nitrogens with one attached hydrogen (secondary N) is 1. The molecule has 15 heavy (non-hydrogen) atoms. The molecule has 1 unspecified atom stereocenters. The third kappa shape index (κ3) is 3.45. The Bertz CT molecular complexity index is 413. The fourth-order valence-electron chi connectivity index (χ4n) is 1.08. The van der Waals surface area contributed by atoms with E-state index in [1.54, 1.807) is 12.3 Å². The van der Waals surface area contributed by atoms with Gasteiger partial charge in [-0.25, -0.2) is 13.1 Å². The zero-order chi connectivity index (χ0) is 11.5. The lowest BCUT2D eigenvalue weighted by Gasteiger charge is -2.11. The summed E-state index contributed by atoms with van der Waals surface area (Å²) in [5.41, 5.74) is 5.92. The van der Waals surface area contributed by atoms with Crippen LogP contribution in [0, 0.1) is 0 Å². The van der Waals surface area contributed by atoms with Crippen LogP contribution < -0.4 is 10.5 Å². The number of ether oxygens (including phenoxy) is 1. The monoisotopic (exact) mass is 250 g/mol. The fraction of sp³-hybridized carbons (Fsp3) is 0.500. The van der Waals surface area contributed by atoms with Gasteiger partial charge in [-0.15, -0.1) is 11.3 Å². The molecule has 7 heteroatoms. The zero-order valence-corrected chi connectivity index (χ0v) is 10.2. The molecular formula is C8H14N2O3S2. The van der Waals surface area contributed by atoms with E-state index in [4.69, 9.17) is 10.5 Å². The van der Waals surface area contributed by atoms with Crippen LogP contribution in [-0.2, 0) is 14.8 Å². The van der Waals surface area contributed by atoms with Gasteiger partial charge in [-0.1, -0.05) is 0 Å². The highest BCUT2D eigenvalue weighted by molar-refractivity contribution is 7.91. The first kappa shape index (κ1) is 12.4. The summed E-state index contributed by atoms with van der Waals surface area (Å²) in [6, 6.07) is 1.18. The Morgan fingerprint density at radius 2 is 2.33 bits per heavy atom. The molecule has 0 saturated carbocycles. The molecule has 0 saturated heterocycles. The highest BCUT2D eigenvalue weighted by atomic mass is 32.2. The number of anilines is 1. The van der Waals surface area contributed by atoms with Crippen molar-refractivity contribution in [3.05, 3.63) is 11.4 Å². The van der Waals surface area contributed by atoms with Crippen molar-refractivity contribution in [2.75, 3.05) is 19.5 Å². The Morgan fingerprint density at radius 3 is 2.80 bits per heavy atom. The van der Waals surface area contributed by atoms with Gasteiger partial charge in [0.2, 0.25) is 10.0 Å². The molecule has 86 valence electrons. The number of rotatable bonds is 5. The molecule has 0 aliphatic heterocycles. The van der Waals surface area contributed by atoms with E-state index in [2.05, 4.69) is 4.72 Å². The van der Waals surface area contributed by atoms with Crippen LogP contribution in [0.15, 0.2) is 15.7 Å². The molecule has 0 aliphatic carbocycles. The van der Waals surface area contributed by atoms with E-state index in [1.165, 1.54) is 13.2 Å². The van der Waals surface area contributed by atoms with Gasteiger partial charge in [-0.2, -0.15) is 0 Å². The summed E-state index contributed by atoms with van der Waals surface area (Å²) in [6.45, 7) is 2.07. The average molecular weight is 250 g/mol. The van der Waals surface area contributed by atoms with Crippen molar-refractivity contribution in [1.82, 2.24) is 4.72 Å². The lowest BCUT2D eigenvalue weighted by atomic mass is 10.4. The van der Waals surface area contributed by atoms with Crippen molar-refractivity contribution >= 4 is 27.0 Å². The minimum atomic E-state index is -3.45. The van der Waals surface area contributed by atoms with Crippen LogP contribution in [-0.4, -0.2) is 28.2 Å². The molecule has 0 spiro atoms. The SMILES string of the molecule is COCC(C)NS(=O)(=O)c1cc(N)cs1. The Morgan fingerprint density at radius 1 is 1.67 bits per heavy atom. The van der Waals surface area contributed by atoms with Crippen molar-refractivity contribution < 1.29 is 13.2 Å². The van der Waals surface area contributed by atoms with Crippen molar-refractivity contribution in [1.29, 1.82) is 0 Å². The van der Waals surface area contributed by atoms with Crippen LogP contribution >= 0.6 is 11.3 Å². The Labute approximate surface area is 93.3 Å². The van der Waals surface area contributed by atoms with Gasteiger partial charge in [0.15, 0.2) is 0 Å². The molecular weight excluding hydrogens is 236 g/mol. The van der Waals surface area contributed by atoms with Crippen LogP contribution in [0.5, 0.6) is 0 Å². The number of nitrogen functional groups attached to an aromatic ring is 1. The van der Waals surface area contributed by atoms with E-state index in [0.29, 0.717) is 12.3 Å². The third-order valence-corrected chi connectivity index (χ3v) is 4.68. The Kier molecular flexibility index (Phi) is 4.09. The first-order chi connectivity index (χ1) is 6.95. The second-order valence-corrected chi connectivity index (χ2v) is 6.03.